The van der Waals surface area contributed by atoms with E-state index < -0.39 is 5.60 Å². The fraction of sp³-hybridized carbons (Fsp3) is 0.471. The molecule has 1 fully saturated rings. The lowest BCUT2D eigenvalue weighted by Crippen LogP contribution is -2.32. The van der Waals surface area contributed by atoms with Gasteiger partial charge in [-0.15, -0.1) is 0 Å². The smallest absolute Gasteiger partial charge is 0.180 e. The molecule has 1 atom stereocenters. The zero-order valence-corrected chi connectivity index (χ0v) is 12.3. The number of para-hydroxylation sites is 1. The van der Waals surface area contributed by atoms with Crippen LogP contribution in [-0.4, -0.2) is 41.0 Å². The average Bonchev–Trinajstić information content (AvgIpc) is 2.81. The van der Waals surface area contributed by atoms with Gasteiger partial charge < -0.3 is 9.52 Å². The molecule has 0 saturated carbocycles. The van der Waals surface area contributed by atoms with E-state index in [-0.39, 0.29) is 5.78 Å². The van der Waals surface area contributed by atoms with E-state index in [9.17, 15) is 9.90 Å². The van der Waals surface area contributed by atoms with Crippen molar-refractivity contribution < 1.29 is 14.3 Å². The maximum absolute atomic E-state index is 12.5. The number of aliphatic hydroxyl groups is 1. The molecule has 1 aromatic heterocycles. The van der Waals surface area contributed by atoms with E-state index in [1.165, 1.54) is 0 Å². The van der Waals surface area contributed by atoms with Crippen molar-refractivity contribution in [2.75, 3.05) is 19.6 Å². The van der Waals surface area contributed by atoms with Crippen LogP contribution in [0.4, 0.5) is 0 Å². The Bertz CT molecular complexity index is 644. The number of rotatable bonds is 3. The molecule has 1 saturated heterocycles. The normalized spacial score (nSPS) is 24.1. The summed E-state index contributed by atoms with van der Waals surface area (Å²) in [5.41, 5.74) is 0.807. The van der Waals surface area contributed by atoms with Crippen LogP contribution in [0.3, 0.4) is 0 Å². The highest BCUT2D eigenvalue weighted by Gasteiger charge is 2.26. The number of carbonyl (C=O) groups excluding carboxylic acids is 1. The number of furan rings is 1. The van der Waals surface area contributed by atoms with Crippen LogP contribution in [0.2, 0.25) is 0 Å². The van der Waals surface area contributed by atoms with Gasteiger partial charge in [0.05, 0.1) is 17.7 Å². The van der Waals surface area contributed by atoms with E-state index in [4.69, 9.17) is 4.42 Å². The molecule has 112 valence electrons. The van der Waals surface area contributed by atoms with Crippen LogP contribution >= 0.6 is 0 Å². The molecule has 1 aliphatic heterocycles. The number of benzene rings is 1. The Morgan fingerprint density at radius 3 is 3.00 bits per heavy atom. The number of nitrogens with zero attached hydrogens (tertiary/aromatic N) is 1. The first kappa shape index (κ1) is 14.3. The largest absolute Gasteiger partial charge is 0.464 e. The van der Waals surface area contributed by atoms with Crippen molar-refractivity contribution in [3.8, 4) is 0 Å². The van der Waals surface area contributed by atoms with Crippen LogP contribution in [0.5, 0.6) is 0 Å². The molecule has 4 heteroatoms. The maximum Gasteiger partial charge on any atom is 0.180 e. The van der Waals surface area contributed by atoms with Gasteiger partial charge in [-0.05, 0) is 38.8 Å². The van der Waals surface area contributed by atoms with Gasteiger partial charge in [0, 0.05) is 11.9 Å². The summed E-state index contributed by atoms with van der Waals surface area (Å²) in [5, 5.41) is 11.0. The van der Waals surface area contributed by atoms with Gasteiger partial charge in [0.25, 0.3) is 0 Å². The van der Waals surface area contributed by atoms with Crippen LogP contribution in [0.1, 0.15) is 36.5 Å². The second-order valence-corrected chi connectivity index (χ2v) is 6.20. The van der Waals surface area contributed by atoms with Crippen molar-refractivity contribution in [3.63, 3.8) is 0 Å². The van der Waals surface area contributed by atoms with Gasteiger partial charge in [-0.2, -0.15) is 0 Å². The van der Waals surface area contributed by atoms with Gasteiger partial charge in [-0.1, -0.05) is 18.2 Å². The van der Waals surface area contributed by atoms with Crippen molar-refractivity contribution in [3.05, 3.63) is 36.1 Å². The van der Waals surface area contributed by atoms with E-state index in [0.717, 1.165) is 36.9 Å². The minimum Gasteiger partial charge on any atom is -0.464 e. The fourth-order valence-corrected chi connectivity index (χ4v) is 2.96. The number of hydrogen-bond acceptors (Lipinski definition) is 4. The predicted octanol–water partition coefficient (Wildman–Crippen LogP) is 2.85. The quantitative estimate of drug-likeness (QED) is 0.882. The molecule has 0 amide bonds. The lowest BCUT2D eigenvalue weighted by Gasteiger charge is -2.21. The van der Waals surface area contributed by atoms with E-state index >= 15 is 0 Å². The first-order valence-electron chi connectivity index (χ1n) is 7.49. The second-order valence-electron chi connectivity index (χ2n) is 6.20. The van der Waals surface area contributed by atoms with Gasteiger partial charge in [-0.25, -0.2) is 0 Å². The third kappa shape index (κ3) is 3.17. The molecule has 2 aromatic rings. The van der Waals surface area contributed by atoms with E-state index in [0.29, 0.717) is 18.5 Å². The number of fused-ring (bicyclic) bond motifs is 1. The summed E-state index contributed by atoms with van der Waals surface area (Å²) >= 11 is 0. The minimum atomic E-state index is -0.597. The molecule has 2 heterocycles. The summed E-state index contributed by atoms with van der Waals surface area (Å²) in [7, 11) is 0. The molecule has 0 bridgehead atoms. The Morgan fingerprint density at radius 2 is 2.14 bits per heavy atom. The van der Waals surface area contributed by atoms with Crippen molar-refractivity contribution in [1.29, 1.82) is 0 Å². The molecular formula is C17H21NO3. The number of hydrogen-bond donors (Lipinski definition) is 1. The molecule has 1 unspecified atom stereocenters. The van der Waals surface area contributed by atoms with Crippen molar-refractivity contribution in [2.45, 2.75) is 31.8 Å². The summed E-state index contributed by atoms with van der Waals surface area (Å²) in [5.74, 6) is 0.0847. The number of Topliss-reactive ketones (excluding diaryl/α,β-unsaturated/α-hetero) is 1. The standard InChI is InChI=1S/C17H21NO3/c1-17(20)7-4-9-18(10-8-17)11-15(19)14-12-21-16-6-3-2-5-13(14)16/h2-3,5-6,12,20H,4,7-11H2,1H3. The Labute approximate surface area is 124 Å². The first-order valence-corrected chi connectivity index (χ1v) is 7.49. The monoisotopic (exact) mass is 287 g/mol. The SMILES string of the molecule is CC1(O)CCCN(CC(=O)c2coc3ccccc23)CC1. The van der Waals surface area contributed by atoms with Crippen LogP contribution in [-0.2, 0) is 0 Å². The fourth-order valence-electron chi connectivity index (χ4n) is 2.96. The average molecular weight is 287 g/mol. The van der Waals surface area contributed by atoms with Crippen molar-refractivity contribution in [2.24, 2.45) is 0 Å². The third-order valence-electron chi connectivity index (χ3n) is 4.30. The third-order valence-corrected chi connectivity index (χ3v) is 4.30. The molecule has 4 nitrogen and oxygen atoms in total. The van der Waals surface area contributed by atoms with Gasteiger partial charge in [0.15, 0.2) is 5.78 Å². The van der Waals surface area contributed by atoms with Gasteiger partial charge >= 0.3 is 0 Å². The molecule has 1 aliphatic rings. The van der Waals surface area contributed by atoms with Crippen molar-refractivity contribution in [1.82, 2.24) is 4.90 Å². The highest BCUT2D eigenvalue weighted by molar-refractivity contribution is 6.08. The van der Waals surface area contributed by atoms with Crippen molar-refractivity contribution >= 4 is 16.8 Å². The van der Waals surface area contributed by atoms with E-state index in [2.05, 4.69) is 4.90 Å². The van der Waals surface area contributed by atoms with Gasteiger partial charge in [-0.3, -0.25) is 9.69 Å². The molecule has 0 radical (unpaired) electrons. The lowest BCUT2D eigenvalue weighted by molar-refractivity contribution is 0.0444. The molecule has 1 N–H and O–H groups in total. The van der Waals surface area contributed by atoms with Crippen LogP contribution in [0.15, 0.2) is 34.9 Å². The predicted molar refractivity (Wildman–Crippen MR) is 81.5 cm³/mol. The molecule has 1 aromatic carbocycles. The number of likely N-dealkylation sites (tertiary alicyclic amines) is 1. The zero-order chi connectivity index (χ0) is 14.9. The van der Waals surface area contributed by atoms with Crippen LogP contribution in [0.25, 0.3) is 11.0 Å². The number of carbonyl (C=O) groups is 1. The molecule has 21 heavy (non-hydrogen) atoms. The summed E-state index contributed by atoms with van der Waals surface area (Å²) < 4.78 is 5.44. The zero-order valence-electron chi connectivity index (χ0n) is 12.3. The maximum atomic E-state index is 12.5. The summed E-state index contributed by atoms with van der Waals surface area (Å²) in [6.45, 7) is 3.88. The topological polar surface area (TPSA) is 53.7 Å². The van der Waals surface area contributed by atoms with Gasteiger partial charge in [0.2, 0.25) is 0 Å². The van der Waals surface area contributed by atoms with Crippen LogP contribution < -0.4 is 0 Å². The second kappa shape index (κ2) is 5.62. The number of ketones is 1. The van der Waals surface area contributed by atoms with E-state index in [1.807, 2.05) is 31.2 Å². The Balaban J connectivity index is 1.71. The summed E-state index contributed by atoms with van der Waals surface area (Å²) in [6.07, 6.45) is 3.99. The summed E-state index contributed by atoms with van der Waals surface area (Å²) in [6, 6.07) is 7.60. The molecule has 0 aliphatic carbocycles. The Kier molecular flexibility index (Phi) is 3.83. The molecule has 3 rings (SSSR count). The van der Waals surface area contributed by atoms with Gasteiger partial charge in [0.1, 0.15) is 11.8 Å². The lowest BCUT2D eigenvalue weighted by atomic mass is 9.98. The Morgan fingerprint density at radius 1 is 1.33 bits per heavy atom. The first-order chi connectivity index (χ1) is 10.1. The highest BCUT2D eigenvalue weighted by atomic mass is 16.3. The minimum absolute atomic E-state index is 0.0847. The Hall–Kier alpha value is -1.65. The molecule has 0 spiro atoms. The molecular weight excluding hydrogens is 266 g/mol. The summed E-state index contributed by atoms with van der Waals surface area (Å²) in [4.78, 5) is 14.6. The highest BCUT2D eigenvalue weighted by Crippen LogP contribution is 2.24. The van der Waals surface area contributed by atoms with Crippen LogP contribution in [0, 0.1) is 0 Å². The van der Waals surface area contributed by atoms with E-state index in [1.54, 1.807) is 6.26 Å².